The van der Waals surface area contributed by atoms with E-state index in [-0.39, 0.29) is 5.56 Å². The van der Waals surface area contributed by atoms with E-state index >= 15 is 0 Å². The van der Waals surface area contributed by atoms with Crippen molar-refractivity contribution in [1.82, 2.24) is 14.5 Å². The van der Waals surface area contributed by atoms with E-state index in [4.69, 9.17) is 0 Å². The lowest BCUT2D eigenvalue weighted by molar-refractivity contribution is 0.726. The van der Waals surface area contributed by atoms with Crippen LogP contribution in [0.5, 0.6) is 0 Å². The fourth-order valence-electron chi connectivity index (χ4n) is 2.01. The van der Waals surface area contributed by atoms with Crippen LogP contribution in [0.25, 0.3) is 10.2 Å². The number of rotatable bonds is 3. The molecule has 3 rings (SSSR count). The molecule has 3 aromatic rings. The van der Waals surface area contributed by atoms with Crippen LogP contribution >= 0.6 is 22.7 Å². The summed E-state index contributed by atoms with van der Waals surface area (Å²) < 4.78 is 2.36. The number of nitrogens with zero attached hydrogens (tertiary/aromatic N) is 3. The van der Waals surface area contributed by atoms with Crippen LogP contribution in [0.3, 0.4) is 0 Å². The van der Waals surface area contributed by atoms with Crippen LogP contribution in [0.15, 0.2) is 21.9 Å². The Morgan fingerprint density at radius 2 is 2.10 bits per heavy atom. The van der Waals surface area contributed by atoms with E-state index in [0.717, 1.165) is 26.5 Å². The van der Waals surface area contributed by atoms with Gasteiger partial charge in [-0.2, -0.15) is 0 Å². The number of aromatic nitrogens is 3. The van der Waals surface area contributed by atoms with Gasteiger partial charge >= 0.3 is 0 Å². The third kappa shape index (κ3) is 2.29. The lowest BCUT2D eigenvalue weighted by Crippen LogP contribution is -2.20. The normalized spacial score (nSPS) is 11.6. The first-order valence-electron chi connectivity index (χ1n) is 6.44. The number of thiophene rings is 1. The smallest absolute Gasteiger partial charge is 0.271 e. The van der Waals surface area contributed by atoms with Crippen molar-refractivity contribution in [3.8, 4) is 0 Å². The summed E-state index contributed by atoms with van der Waals surface area (Å²) in [6, 6.07) is 0. The Kier molecular flexibility index (Phi) is 3.43. The summed E-state index contributed by atoms with van der Waals surface area (Å²) in [5.41, 5.74) is 2.82. The average Bonchev–Trinajstić information content (AvgIpc) is 3.01. The lowest BCUT2D eigenvalue weighted by Gasteiger charge is -2.03. The van der Waals surface area contributed by atoms with E-state index in [1.54, 1.807) is 22.2 Å². The molecular formula is C14H15N3OS2. The fourth-order valence-corrected chi connectivity index (χ4v) is 3.78. The van der Waals surface area contributed by atoms with Gasteiger partial charge in [-0.25, -0.2) is 9.97 Å². The van der Waals surface area contributed by atoms with Crippen molar-refractivity contribution in [2.24, 2.45) is 0 Å². The lowest BCUT2D eigenvalue weighted by atomic mass is 10.2. The molecule has 0 aliphatic rings. The highest BCUT2D eigenvalue weighted by Gasteiger charge is 2.11. The van der Waals surface area contributed by atoms with Gasteiger partial charge in [0.1, 0.15) is 4.70 Å². The molecule has 3 aromatic heterocycles. The van der Waals surface area contributed by atoms with Crippen LogP contribution in [-0.2, 0) is 6.54 Å². The first-order chi connectivity index (χ1) is 9.56. The maximum atomic E-state index is 12.4. The summed E-state index contributed by atoms with van der Waals surface area (Å²) in [5, 5.41) is 5.10. The van der Waals surface area contributed by atoms with Crippen LogP contribution in [0.4, 0.5) is 0 Å². The molecular weight excluding hydrogens is 290 g/mol. The molecule has 0 spiro atoms. The molecule has 0 fully saturated rings. The highest BCUT2D eigenvalue weighted by atomic mass is 32.1. The molecule has 3 heterocycles. The van der Waals surface area contributed by atoms with Crippen LogP contribution in [0.2, 0.25) is 0 Å². The van der Waals surface area contributed by atoms with E-state index in [9.17, 15) is 4.79 Å². The first-order valence-corrected chi connectivity index (χ1v) is 8.19. The predicted octanol–water partition coefficient (Wildman–Crippen LogP) is 3.39. The van der Waals surface area contributed by atoms with E-state index in [0.29, 0.717) is 12.5 Å². The standard InChI is InChI=1S/C14H15N3OS2/c1-8(2)13-16-10(6-20-13)4-17-7-15-11-9(3)5-19-12(11)14(17)18/h5-8H,4H2,1-3H3. The van der Waals surface area contributed by atoms with Gasteiger partial charge in [0.15, 0.2) is 0 Å². The van der Waals surface area contributed by atoms with Gasteiger partial charge in [0.2, 0.25) is 0 Å². The van der Waals surface area contributed by atoms with Gasteiger partial charge in [-0.1, -0.05) is 13.8 Å². The minimum Gasteiger partial charge on any atom is -0.292 e. The van der Waals surface area contributed by atoms with Crippen LogP contribution in [0.1, 0.15) is 36.0 Å². The monoisotopic (exact) mass is 305 g/mol. The molecule has 104 valence electrons. The van der Waals surface area contributed by atoms with Crippen LogP contribution in [0, 0.1) is 6.92 Å². The van der Waals surface area contributed by atoms with Crippen molar-refractivity contribution in [1.29, 1.82) is 0 Å². The Morgan fingerprint density at radius 3 is 2.80 bits per heavy atom. The van der Waals surface area contributed by atoms with Gasteiger partial charge in [0.25, 0.3) is 5.56 Å². The third-order valence-electron chi connectivity index (χ3n) is 3.12. The Hall–Kier alpha value is -1.53. The number of fused-ring (bicyclic) bond motifs is 1. The van der Waals surface area contributed by atoms with E-state index in [1.165, 1.54) is 11.3 Å². The summed E-state index contributed by atoms with van der Waals surface area (Å²) in [6.07, 6.45) is 1.62. The van der Waals surface area contributed by atoms with Gasteiger partial charge in [0.05, 0.1) is 29.1 Å². The molecule has 4 nitrogen and oxygen atoms in total. The second kappa shape index (κ2) is 5.10. The molecule has 0 saturated carbocycles. The Labute approximate surface area is 124 Å². The largest absolute Gasteiger partial charge is 0.292 e. The maximum Gasteiger partial charge on any atom is 0.271 e. The number of aryl methyl sites for hydroxylation is 1. The quantitative estimate of drug-likeness (QED) is 0.745. The Morgan fingerprint density at radius 1 is 1.30 bits per heavy atom. The van der Waals surface area contributed by atoms with Crippen LogP contribution in [-0.4, -0.2) is 14.5 Å². The molecule has 0 saturated heterocycles. The summed E-state index contributed by atoms with van der Waals surface area (Å²) in [4.78, 5) is 21.4. The molecule has 0 bridgehead atoms. The number of hydrogen-bond donors (Lipinski definition) is 0. The SMILES string of the molecule is Cc1csc2c(=O)n(Cc3csc(C(C)C)n3)cnc12. The highest BCUT2D eigenvalue weighted by Crippen LogP contribution is 2.21. The molecule has 0 unspecified atom stereocenters. The Bertz CT molecular complexity index is 813. The summed E-state index contributed by atoms with van der Waals surface area (Å²) >= 11 is 3.11. The zero-order chi connectivity index (χ0) is 14.3. The van der Waals surface area contributed by atoms with Crippen molar-refractivity contribution in [2.45, 2.75) is 33.2 Å². The van der Waals surface area contributed by atoms with Gasteiger partial charge in [0, 0.05) is 11.3 Å². The molecule has 0 aliphatic carbocycles. The summed E-state index contributed by atoms with van der Waals surface area (Å²) in [6.45, 7) is 6.71. The molecule has 0 N–H and O–H groups in total. The van der Waals surface area contributed by atoms with Crippen molar-refractivity contribution in [3.05, 3.63) is 43.7 Å². The van der Waals surface area contributed by atoms with Crippen molar-refractivity contribution in [2.75, 3.05) is 0 Å². The van der Waals surface area contributed by atoms with Gasteiger partial charge in [-0.3, -0.25) is 9.36 Å². The molecule has 20 heavy (non-hydrogen) atoms. The van der Waals surface area contributed by atoms with Gasteiger partial charge < -0.3 is 0 Å². The molecule has 0 aliphatic heterocycles. The average molecular weight is 305 g/mol. The number of thiazole rings is 1. The minimum absolute atomic E-state index is 0.0206. The van der Waals surface area contributed by atoms with Crippen molar-refractivity contribution >= 4 is 32.9 Å². The van der Waals surface area contributed by atoms with E-state index in [2.05, 4.69) is 23.8 Å². The van der Waals surface area contributed by atoms with Gasteiger partial charge in [-0.05, 0) is 17.9 Å². The molecule has 0 radical (unpaired) electrons. The van der Waals surface area contributed by atoms with E-state index in [1.807, 2.05) is 17.7 Å². The zero-order valence-electron chi connectivity index (χ0n) is 11.6. The second-order valence-corrected chi connectivity index (χ2v) is 6.88. The zero-order valence-corrected chi connectivity index (χ0v) is 13.2. The third-order valence-corrected chi connectivity index (χ3v) is 5.39. The second-order valence-electron chi connectivity index (χ2n) is 5.11. The Balaban J connectivity index is 1.98. The molecule has 0 aromatic carbocycles. The highest BCUT2D eigenvalue weighted by molar-refractivity contribution is 7.17. The van der Waals surface area contributed by atoms with Gasteiger partial charge in [-0.15, -0.1) is 22.7 Å². The summed E-state index contributed by atoms with van der Waals surface area (Å²) in [5.74, 6) is 0.422. The summed E-state index contributed by atoms with van der Waals surface area (Å²) in [7, 11) is 0. The fraction of sp³-hybridized carbons (Fsp3) is 0.357. The number of hydrogen-bond acceptors (Lipinski definition) is 5. The molecule has 0 atom stereocenters. The van der Waals surface area contributed by atoms with Crippen LogP contribution < -0.4 is 5.56 Å². The topological polar surface area (TPSA) is 47.8 Å². The predicted molar refractivity (Wildman–Crippen MR) is 83.9 cm³/mol. The van der Waals surface area contributed by atoms with E-state index < -0.39 is 0 Å². The van der Waals surface area contributed by atoms with Crippen molar-refractivity contribution in [3.63, 3.8) is 0 Å². The van der Waals surface area contributed by atoms with Crippen molar-refractivity contribution < 1.29 is 0 Å². The molecule has 0 amide bonds. The maximum absolute atomic E-state index is 12.4. The first kappa shape index (κ1) is 13.5. The molecule has 6 heteroatoms. The minimum atomic E-state index is 0.0206.